The molecule has 0 aromatic rings. The topological polar surface area (TPSA) is 18.5 Å². The van der Waals surface area contributed by atoms with Gasteiger partial charge in [0.1, 0.15) is 0 Å². The lowest BCUT2D eigenvalue weighted by Crippen LogP contribution is -2.55. The minimum absolute atomic E-state index is 0.505. The number of likely N-dealkylation sites (N-methyl/N-ethyl adjacent to an activating group) is 3. The summed E-state index contributed by atoms with van der Waals surface area (Å²) in [4.78, 5) is 5.35. The molecular weight excluding hydrogens is 258 g/mol. The highest BCUT2D eigenvalue weighted by Gasteiger charge is 2.37. The van der Waals surface area contributed by atoms with Gasteiger partial charge in [0.15, 0.2) is 0 Å². The number of hydrogen-bond acceptors (Lipinski definition) is 3. The van der Waals surface area contributed by atoms with Crippen LogP contribution in [0.1, 0.15) is 59.8 Å². The smallest absolute Gasteiger partial charge is 0.0252 e. The molecule has 3 nitrogen and oxygen atoms in total. The van der Waals surface area contributed by atoms with Crippen LogP contribution in [-0.2, 0) is 0 Å². The minimum Gasteiger partial charge on any atom is -0.313 e. The van der Waals surface area contributed by atoms with Crippen LogP contribution in [0.25, 0.3) is 0 Å². The van der Waals surface area contributed by atoms with Gasteiger partial charge in [0.25, 0.3) is 0 Å². The molecule has 3 heteroatoms. The van der Waals surface area contributed by atoms with Gasteiger partial charge in [0, 0.05) is 24.7 Å². The minimum atomic E-state index is 0.505. The first-order valence-corrected chi connectivity index (χ1v) is 9.14. The summed E-state index contributed by atoms with van der Waals surface area (Å²) in [6.45, 7) is 14.3. The first-order chi connectivity index (χ1) is 9.96. The average molecular weight is 296 g/mol. The molecular formula is C18H37N3. The Hall–Kier alpha value is -0.120. The van der Waals surface area contributed by atoms with E-state index in [4.69, 9.17) is 0 Å². The highest BCUT2D eigenvalue weighted by atomic mass is 15.2. The van der Waals surface area contributed by atoms with Gasteiger partial charge in [-0.3, -0.25) is 4.90 Å². The molecule has 1 heterocycles. The molecule has 0 bridgehead atoms. The molecule has 1 N–H and O–H groups in total. The van der Waals surface area contributed by atoms with Crippen molar-refractivity contribution in [2.24, 2.45) is 5.41 Å². The first-order valence-electron chi connectivity index (χ1n) is 9.14. The lowest BCUT2D eigenvalue weighted by atomic mass is 9.72. The fourth-order valence-electron chi connectivity index (χ4n) is 4.50. The summed E-state index contributed by atoms with van der Waals surface area (Å²) in [7, 11) is 2.36. The zero-order chi connectivity index (χ0) is 15.5. The van der Waals surface area contributed by atoms with Gasteiger partial charge in [-0.25, -0.2) is 0 Å². The Bertz CT molecular complexity index is 316. The van der Waals surface area contributed by atoms with Crippen LogP contribution in [0.2, 0.25) is 0 Å². The largest absolute Gasteiger partial charge is 0.313 e. The maximum absolute atomic E-state index is 3.75. The molecule has 0 radical (unpaired) electrons. The summed E-state index contributed by atoms with van der Waals surface area (Å²) in [6.07, 6.45) is 6.80. The van der Waals surface area contributed by atoms with E-state index >= 15 is 0 Å². The van der Waals surface area contributed by atoms with Gasteiger partial charge in [-0.15, -0.1) is 0 Å². The molecule has 2 rings (SSSR count). The Morgan fingerprint density at radius 1 is 1.24 bits per heavy atom. The van der Waals surface area contributed by atoms with Crippen molar-refractivity contribution in [2.45, 2.75) is 77.9 Å². The van der Waals surface area contributed by atoms with Crippen molar-refractivity contribution in [3.63, 3.8) is 0 Å². The Balaban J connectivity index is 1.97. The SMILES string of the molecule is CCNC1CCC(C)(C)CC1N(C)CC1CCCN1CC. The van der Waals surface area contributed by atoms with E-state index in [1.165, 1.54) is 51.7 Å². The van der Waals surface area contributed by atoms with Crippen molar-refractivity contribution in [1.82, 2.24) is 15.1 Å². The van der Waals surface area contributed by atoms with E-state index in [1.807, 2.05) is 0 Å². The Kier molecular flexibility index (Phi) is 6.10. The monoisotopic (exact) mass is 295 g/mol. The third-order valence-electron chi connectivity index (χ3n) is 5.79. The van der Waals surface area contributed by atoms with Gasteiger partial charge in [-0.1, -0.05) is 27.7 Å². The summed E-state index contributed by atoms with van der Waals surface area (Å²) >= 11 is 0. The molecule has 1 saturated carbocycles. The van der Waals surface area contributed by atoms with Crippen LogP contribution in [0.15, 0.2) is 0 Å². The molecule has 0 aromatic carbocycles. The second kappa shape index (κ2) is 7.43. The van der Waals surface area contributed by atoms with Gasteiger partial charge in [0.2, 0.25) is 0 Å². The molecule has 21 heavy (non-hydrogen) atoms. The first kappa shape index (κ1) is 17.2. The van der Waals surface area contributed by atoms with Crippen LogP contribution >= 0.6 is 0 Å². The highest BCUT2D eigenvalue weighted by Crippen LogP contribution is 2.37. The van der Waals surface area contributed by atoms with Crippen LogP contribution in [0.5, 0.6) is 0 Å². The van der Waals surface area contributed by atoms with Crippen LogP contribution in [0.3, 0.4) is 0 Å². The van der Waals surface area contributed by atoms with E-state index in [2.05, 4.69) is 49.9 Å². The number of likely N-dealkylation sites (tertiary alicyclic amines) is 1. The van der Waals surface area contributed by atoms with Crippen LogP contribution in [0, 0.1) is 5.41 Å². The molecule has 0 aromatic heterocycles. The van der Waals surface area contributed by atoms with E-state index < -0.39 is 0 Å². The predicted octanol–water partition coefficient (Wildman–Crippen LogP) is 2.96. The molecule has 0 spiro atoms. The summed E-state index contributed by atoms with van der Waals surface area (Å²) in [5, 5.41) is 3.75. The standard InChI is InChI=1S/C18H37N3/c1-6-19-16-10-11-18(3,4)13-17(16)20(5)14-15-9-8-12-21(15)7-2/h15-17,19H,6-14H2,1-5H3. The average Bonchev–Trinajstić information content (AvgIpc) is 2.88. The van der Waals surface area contributed by atoms with Crippen LogP contribution in [0.4, 0.5) is 0 Å². The lowest BCUT2D eigenvalue weighted by Gasteiger charge is -2.46. The van der Waals surface area contributed by atoms with Gasteiger partial charge in [-0.2, -0.15) is 0 Å². The molecule has 2 fully saturated rings. The Labute approximate surface area is 132 Å². The highest BCUT2D eigenvalue weighted by molar-refractivity contribution is 4.95. The Morgan fingerprint density at radius 2 is 2.00 bits per heavy atom. The quantitative estimate of drug-likeness (QED) is 0.813. The van der Waals surface area contributed by atoms with Crippen molar-refractivity contribution in [3.05, 3.63) is 0 Å². The van der Waals surface area contributed by atoms with E-state index in [-0.39, 0.29) is 0 Å². The number of nitrogens with zero attached hydrogens (tertiary/aromatic N) is 2. The van der Waals surface area contributed by atoms with Gasteiger partial charge in [0.05, 0.1) is 0 Å². The van der Waals surface area contributed by atoms with Crippen LogP contribution in [-0.4, -0.2) is 61.2 Å². The van der Waals surface area contributed by atoms with Crippen LogP contribution < -0.4 is 5.32 Å². The summed E-state index contributed by atoms with van der Waals surface area (Å²) in [5.41, 5.74) is 0.505. The predicted molar refractivity (Wildman–Crippen MR) is 91.8 cm³/mol. The maximum Gasteiger partial charge on any atom is 0.0252 e. The van der Waals surface area contributed by atoms with Crippen molar-refractivity contribution >= 4 is 0 Å². The lowest BCUT2D eigenvalue weighted by molar-refractivity contribution is 0.0658. The number of rotatable bonds is 6. The van der Waals surface area contributed by atoms with Gasteiger partial charge >= 0.3 is 0 Å². The second-order valence-corrected chi connectivity index (χ2v) is 8.00. The number of hydrogen-bond donors (Lipinski definition) is 1. The Morgan fingerprint density at radius 3 is 2.67 bits per heavy atom. The van der Waals surface area contributed by atoms with Gasteiger partial charge < -0.3 is 10.2 Å². The molecule has 1 saturated heterocycles. The third kappa shape index (κ3) is 4.43. The summed E-state index contributed by atoms with van der Waals surface area (Å²) in [5.74, 6) is 0. The molecule has 0 amide bonds. The molecule has 2 aliphatic rings. The molecule has 1 aliphatic carbocycles. The van der Waals surface area contributed by atoms with E-state index in [0.29, 0.717) is 17.5 Å². The molecule has 3 unspecified atom stereocenters. The van der Waals surface area contributed by atoms with Crippen molar-refractivity contribution in [3.8, 4) is 0 Å². The third-order valence-corrected chi connectivity index (χ3v) is 5.79. The van der Waals surface area contributed by atoms with E-state index in [0.717, 1.165) is 12.6 Å². The van der Waals surface area contributed by atoms with E-state index in [9.17, 15) is 0 Å². The van der Waals surface area contributed by atoms with Crippen molar-refractivity contribution < 1.29 is 0 Å². The molecule has 124 valence electrons. The van der Waals surface area contributed by atoms with Crippen molar-refractivity contribution in [2.75, 3.05) is 33.2 Å². The summed E-state index contributed by atoms with van der Waals surface area (Å²) in [6, 6.07) is 2.17. The number of nitrogens with one attached hydrogen (secondary N) is 1. The molecule has 3 atom stereocenters. The van der Waals surface area contributed by atoms with Crippen molar-refractivity contribution in [1.29, 1.82) is 0 Å². The maximum atomic E-state index is 3.75. The molecule has 1 aliphatic heterocycles. The fourth-order valence-corrected chi connectivity index (χ4v) is 4.50. The van der Waals surface area contributed by atoms with E-state index in [1.54, 1.807) is 0 Å². The summed E-state index contributed by atoms with van der Waals surface area (Å²) < 4.78 is 0. The van der Waals surface area contributed by atoms with Gasteiger partial charge in [-0.05, 0) is 64.2 Å². The second-order valence-electron chi connectivity index (χ2n) is 8.00. The normalized spacial score (nSPS) is 33.7. The zero-order valence-electron chi connectivity index (χ0n) is 15.0. The fraction of sp³-hybridized carbons (Fsp3) is 1.00. The zero-order valence-corrected chi connectivity index (χ0v) is 15.0.